The second kappa shape index (κ2) is 6.50. The Balaban J connectivity index is 1.13. The highest BCUT2D eigenvalue weighted by Crippen LogP contribution is 2.41. The Hall–Kier alpha value is -1.49. The number of nitrogens with zero attached hydrogens (tertiary/aromatic N) is 3. The second-order valence-corrected chi connectivity index (χ2v) is 11.1. The first-order chi connectivity index (χ1) is 14.0. The average molecular weight is 422 g/mol. The van der Waals surface area contributed by atoms with Crippen LogP contribution in [0, 0.1) is 0 Å². The molecule has 1 aromatic heterocycles. The van der Waals surface area contributed by atoms with Crippen molar-refractivity contribution in [1.82, 2.24) is 24.4 Å². The van der Waals surface area contributed by atoms with Crippen molar-refractivity contribution >= 4 is 16.1 Å². The largest absolute Gasteiger partial charge is 0.360 e. The molecular formula is C19H27N5O4S. The van der Waals surface area contributed by atoms with Gasteiger partial charge >= 0.3 is 0 Å². The topological polar surface area (TPSA) is 108 Å². The van der Waals surface area contributed by atoms with Gasteiger partial charge in [0.05, 0.1) is 0 Å². The number of piperidine rings is 1. The standard InChI is InChI=1S/C19H27N5O4S/c25-19(17-8-18(28-22-17)11-1-2-11)21-12-5-14-3-4-15(6-12)24(14)29(26,27)23-10-13-7-16(23)9-20-13/h8,11-16,20H,1-7,9-10H2,(H,21,25)/t12?,13?,14-,15+,16?. The van der Waals surface area contributed by atoms with Gasteiger partial charge in [0.25, 0.3) is 16.1 Å². The van der Waals surface area contributed by atoms with E-state index >= 15 is 0 Å². The van der Waals surface area contributed by atoms with Crippen molar-refractivity contribution in [1.29, 1.82) is 0 Å². The number of carbonyl (C=O) groups excluding carboxylic acids is 1. The Morgan fingerprint density at radius 1 is 1.14 bits per heavy atom. The molecule has 0 aromatic carbocycles. The fourth-order valence-electron chi connectivity index (χ4n) is 5.77. The minimum Gasteiger partial charge on any atom is -0.360 e. The highest BCUT2D eigenvalue weighted by Gasteiger charge is 2.53. The van der Waals surface area contributed by atoms with Crippen LogP contribution in [-0.4, -0.2) is 71.4 Å². The molecule has 0 radical (unpaired) electrons. The van der Waals surface area contributed by atoms with Crippen LogP contribution < -0.4 is 10.6 Å². The number of carbonyl (C=O) groups is 1. The van der Waals surface area contributed by atoms with Gasteiger partial charge in [-0.05, 0) is 44.9 Å². The lowest BCUT2D eigenvalue weighted by Gasteiger charge is -2.41. The summed E-state index contributed by atoms with van der Waals surface area (Å²) in [5.74, 6) is 0.999. The molecule has 3 unspecified atom stereocenters. The zero-order chi connectivity index (χ0) is 19.8. The smallest absolute Gasteiger partial charge is 0.282 e. The van der Waals surface area contributed by atoms with Gasteiger partial charge in [-0.3, -0.25) is 4.79 Å². The Kier molecular flexibility index (Phi) is 4.10. The summed E-state index contributed by atoms with van der Waals surface area (Å²) in [6.45, 7) is 1.34. The van der Waals surface area contributed by atoms with E-state index in [0.29, 0.717) is 37.0 Å². The second-order valence-electron chi connectivity index (χ2n) is 9.32. The minimum absolute atomic E-state index is 0.0239. The molecule has 5 atom stereocenters. The predicted molar refractivity (Wildman–Crippen MR) is 103 cm³/mol. The molecule has 1 saturated carbocycles. The summed E-state index contributed by atoms with van der Waals surface area (Å²) in [7, 11) is -3.45. The molecule has 10 heteroatoms. The highest BCUT2D eigenvalue weighted by atomic mass is 32.2. The molecule has 29 heavy (non-hydrogen) atoms. The number of aromatic nitrogens is 1. The molecule has 4 saturated heterocycles. The Labute approximate surface area is 170 Å². The highest BCUT2D eigenvalue weighted by molar-refractivity contribution is 7.86. The first-order valence-electron chi connectivity index (χ1n) is 10.8. The maximum Gasteiger partial charge on any atom is 0.282 e. The number of hydrogen-bond donors (Lipinski definition) is 2. The van der Waals surface area contributed by atoms with Crippen molar-refractivity contribution in [3.8, 4) is 0 Å². The van der Waals surface area contributed by atoms with Crippen LogP contribution in [0.15, 0.2) is 10.6 Å². The normalized spacial score (nSPS) is 37.3. The van der Waals surface area contributed by atoms with Gasteiger partial charge in [-0.15, -0.1) is 0 Å². The fourth-order valence-corrected chi connectivity index (χ4v) is 8.06. The molecule has 9 nitrogen and oxygen atoms in total. The summed E-state index contributed by atoms with van der Waals surface area (Å²) in [5.41, 5.74) is 0.329. The number of amides is 1. The number of rotatable bonds is 5. The number of fused-ring (bicyclic) bond motifs is 4. The van der Waals surface area contributed by atoms with E-state index in [1.807, 2.05) is 0 Å². The van der Waals surface area contributed by atoms with Crippen molar-refractivity contribution in [2.24, 2.45) is 0 Å². The number of hydrogen-bond acceptors (Lipinski definition) is 6. The summed E-state index contributed by atoms with van der Waals surface area (Å²) in [6.07, 6.45) is 6.17. The maximum absolute atomic E-state index is 13.4. The molecular weight excluding hydrogens is 394 g/mol. The van der Waals surface area contributed by atoms with Gasteiger partial charge in [0, 0.05) is 55.3 Å². The van der Waals surface area contributed by atoms with Crippen LogP contribution >= 0.6 is 0 Å². The SMILES string of the molecule is O=C(NC1C[C@H]2CC[C@@H](C1)N2S(=O)(=O)N1CC2CC1CN2)c1cc(C2CC2)on1. The fraction of sp³-hybridized carbons (Fsp3) is 0.789. The third-order valence-corrected chi connectivity index (χ3v) is 9.48. The van der Waals surface area contributed by atoms with Gasteiger partial charge in [-0.1, -0.05) is 5.16 Å². The van der Waals surface area contributed by atoms with Crippen molar-refractivity contribution in [2.75, 3.05) is 13.1 Å². The molecule has 5 fully saturated rings. The van der Waals surface area contributed by atoms with Gasteiger partial charge in [-0.25, -0.2) is 0 Å². The Morgan fingerprint density at radius 3 is 2.52 bits per heavy atom. The lowest BCUT2D eigenvalue weighted by molar-refractivity contribution is 0.0897. The molecule has 1 aliphatic carbocycles. The first-order valence-corrected chi connectivity index (χ1v) is 12.2. The van der Waals surface area contributed by atoms with Crippen LogP contribution in [0.3, 0.4) is 0 Å². The van der Waals surface area contributed by atoms with E-state index in [9.17, 15) is 13.2 Å². The predicted octanol–water partition coefficient (Wildman–Crippen LogP) is 0.568. The van der Waals surface area contributed by atoms with Crippen LogP contribution in [0.4, 0.5) is 0 Å². The average Bonchev–Trinajstić information content (AvgIpc) is 3.07. The molecule has 158 valence electrons. The van der Waals surface area contributed by atoms with E-state index in [0.717, 1.165) is 44.4 Å². The number of piperazine rings is 1. The molecule has 5 aliphatic rings. The minimum atomic E-state index is -3.45. The Morgan fingerprint density at radius 2 is 1.90 bits per heavy atom. The van der Waals surface area contributed by atoms with Crippen LogP contribution in [0.25, 0.3) is 0 Å². The van der Waals surface area contributed by atoms with E-state index in [1.54, 1.807) is 14.7 Å². The number of nitrogens with one attached hydrogen (secondary N) is 2. The zero-order valence-corrected chi connectivity index (χ0v) is 17.1. The monoisotopic (exact) mass is 421 g/mol. The molecule has 6 rings (SSSR count). The lowest BCUT2D eigenvalue weighted by atomic mass is 9.99. The van der Waals surface area contributed by atoms with E-state index in [2.05, 4.69) is 15.8 Å². The summed E-state index contributed by atoms with van der Waals surface area (Å²) in [6, 6.07) is 2.05. The van der Waals surface area contributed by atoms with E-state index in [1.165, 1.54) is 0 Å². The van der Waals surface area contributed by atoms with Gasteiger partial charge in [0.1, 0.15) is 5.76 Å². The maximum atomic E-state index is 13.4. The first kappa shape index (κ1) is 18.3. The van der Waals surface area contributed by atoms with Gasteiger partial charge in [0.2, 0.25) is 0 Å². The summed E-state index contributed by atoms with van der Waals surface area (Å²) in [4.78, 5) is 12.6. The molecule has 1 aromatic rings. The van der Waals surface area contributed by atoms with Gasteiger partial charge in [-0.2, -0.15) is 17.0 Å². The van der Waals surface area contributed by atoms with Crippen LogP contribution in [0.1, 0.15) is 67.1 Å². The third-order valence-electron chi connectivity index (χ3n) is 7.31. The lowest BCUT2D eigenvalue weighted by Crippen LogP contribution is -2.58. The molecule has 0 spiro atoms. The van der Waals surface area contributed by atoms with E-state index in [-0.39, 0.29) is 30.1 Å². The van der Waals surface area contributed by atoms with Crippen LogP contribution in [-0.2, 0) is 10.2 Å². The van der Waals surface area contributed by atoms with Crippen molar-refractivity contribution in [3.63, 3.8) is 0 Å². The Bertz CT molecular complexity index is 915. The summed E-state index contributed by atoms with van der Waals surface area (Å²) >= 11 is 0. The van der Waals surface area contributed by atoms with Crippen molar-refractivity contribution < 1.29 is 17.7 Å². The molecule has 4 bridgehead atoms. The molecule has 1 amide bonds. The molecule has 5 heterocycles. The van der Waals surface area contributed by atoms with Crippen LogP contribution in [0.5, 0.6) is 0 Å². The van der Waals surface area contributed by atoms with Crippen molar-refractivity contribution in [2.45, 2.75) is 81.1 Å². The van der Waals surface area contributed by atoms with Gasteiger partial charge in [0.15, 0.2) is 5.69 Å². The summed E-state index contributed by atoms with van der Waals surface area (Å²) in [5, 5.41) is 10.4. The quantitative estimate of drug-likeness (QED) is 0.720. The molecule has 2 N–H and O–H groups in total. The van der Waals surface area contributed by atoms with E-state index in [4.69, 9.17) is 4.52 Å². The molecule has 4 aliphatic heterocycles. The van der Waals surface area contributed by atoms with E-state index < -0.39 is 10.2 Å². The van der Waals surface area contributed by atoms with Gasteiger partial charge < -0.3 is 15.2 Å². The van der Waals surface area contributed by atoms with Crippen molar-refractivity contribution in [3.05, 3.63) is 17.5 Å². The third kappa shape index (κ3) is 3.03. The zero-order valence-electron chi connectivity index (χ0n) is 16.3. The van der Waals surface area contributed by atoms with Crippen LogP contribution in [0.2, 0.25) is 0 Å². The summed E-state index contributed by atoms with van der Waals surface area (Å²) < 4.78 is 35.5.